The Balaban J connectivity index is 2.04. The van der Waals surface area contributed by atoms with Gasteiger partial charge in [0.1, 0.15) is 11.4 Å². The van der Waals surface area contributed by atoms with Crippen LogP contribution in [0.15, 0.2) is 35.4 Å². The summed E-state index contributed by atoms with van der Waals surface area (Å²) >= 11 is 0. The van der Waals surface area contributed by atoms with Gasteiger partial charge in [-0.15, -0.1) is 0 Å². The smallest absolute Gasteiger partial charge is 0.254 e. The minimum absolute atomic E-state index is 0.0878. The highest BCUT2D eigenvalue weighted by Crippen LogP contribution is 2.27. The number of primary amides is 1. The maximum Gasteiger partial charge on any atom is 0.254 e. The number of carbonyl (C=O) groups excluding carboxylic acids is 1. The summed E-state index contributed by atoms with van der Waals surface area (Å²) in [6, 6.07) is 6.60. The van der Waals surface area contributed by atoms with Gasteiger partial charge in [-0.05, 0) is 19.1 Å². The van der Waals surface area contributed by atoms with E-state index in [0.29, 0.717) is 11.6 Å². The zero-order valence-electron chi connectivity index (χ0n) is 15.1. The standard InChI is InChI=1S/C17H22N6O3S/c1-11-9-19-7-8-23(11)17-20-10-12(15(18)24)16(22-17)21-13-5-3-4-6-14(13)27(2,25)26/h3-6,10-11,19H,7-9H2,1-2H3,(H2,18,24)(H,20,21,22). The normalized spacial score (nSPS) is 17.6. The van der Waals surface area contributed by atoms with Crippen molar-refractivity contribution in [1.82, 2.24) is 15.3 Å². The van der Waals surface area contributed by atoms with Gasteiger partial charge in [-0.25, -0.2) is 13.4 Å². The van der Waals surface area contributed by atoms with Crippen LogP contribution in [0.3, 0.4) is 0 Å². The third kappa shape index (κ3) is 4.17. The molecule has 1 unspecified atom stereocenters. The van der Waals surface area contributed by atoms with Gasteiger partial charge in [0.25, 0.3) is 5.91 Å². The fourth-order valence-corrected chi connectivity index (χ4v) is 3.79. The van der Waals surface area contributed by atoms with Gasteiger partial charge in [0.2, 0.25) is 5.95 Å². The van der Waals surface area contributed by atoms with Crippen LogP contribution in [-0.4, -0.2) is 56.2 Å². The molecule has 1 saturated heterocycles. The summed E-state index contributed by atoms with van der Waals surface area (Å²) in [6.45, 7) is 4.35. The van der Waals surface area contributed by atoms with Crippen molar-refractivity contribution in [3.8, 4) is 0 Å². The van der Waals surface area contributed by atoms with Gasteiger partial charge in [0, 0.05) is 38.1 Å². The molecule has 1 fully saturated rings. The summed E-state index contributed by atoms with van der Waals surface area (Å²) in [5.41, 5.74) is 5.85. The first-order valence-electron chi connectivity index (χ1n) is 8.47. The molecule has 0 radical (unpaired) electrons. The molecular weight excluding hydrogens is 368 g/mol. The Labute approximate surface area is 157 Å². The summed E-state index contributed by atoms with van der Waals surface area (Å²) in [5.74, 6) is -0.0723. The number of aromatic nitrogens is 2. The first kappa shape index (κ1) is 19.1. The fourth-order valence-electron chi connectivity index (χ4n) is 2.95. The number of para-hydroxylation sites is 1. The van der Waals surface area contributed by atoms with E-state index >= 15 is 0 Å². The summed E-state index contributed by atoms with van der Waals surface area (Å²) in [6.07, 6.45) is 2.49. The van der Waals surface area contributed by atoms with Crippen LogP contribution in [0, 0.1) is 0 Å². The number of sulfone groups is 1. The number of amides is 1. The van der Waals surface area contributed by atoms with Gasteiger partial charge in [-0.2, -0.15) is 4.98 Å². The van der Waals surface area contributed by atoms with Gasteiger partial charge in [-0.3, -0.25) is 4.79 Å². The molecule has 2 aromatic rings. The van der Waals surface area contributed by atoms with E-state index in [1.807, 2.05) is 11.8 Å². The number of benzene rings is 1. The Morgan fingerprint density at radius 2 is 2.11 bits per heavy atom. The first-order chi connectivity index (χ1) is 12.8. The molecule has 4 N–H and O–H groups in total. The van der Waals surface area contributed by atoms with Gasteiger partial charge in [0.15, 0.2) is 9.84 Å². The lowest BCUT2D eigenvalue weighted by molar-refractivity contribution is 0.100. The number of hydrogen-bond acceptors (Lipinski definition) is 8. The molecule has 1 aliphatic heterocycles. The maximum absolute atomic E-state index is 12.0. The molecule has 2 heterocycles. The van der Waals surface area contributed by atoms with E-state index in [-0.39, 0.29) is 22.3 Å². The predicted molar refractivity (Wildman–Crippen MR) is 103 cm³/mol. The zero-order valence-corrected chi connectivity index (χ0v) is 16.0. The van der Waals surface area contributed by atoms with E-state index in [9.17, 15) is 13.2 Å². The van der Waals surface area contributed by atoms with Crippen LogP contribution in [0.25, 0.3) is 0 Å². The topological polar surface area (TPSA) is 130 Å². The zero-order chi connectivity index (χ0) is 19.6. The molecule has 1 atom stereocenters. The van der Waals surface area contributed by atoms with E-state index in [1.54, 1.807) is 18.2 Å². The van der Waals surface area contributed by atoms with Crippen LogP contribution >= 0.6 is 0 Å². The van der Waals surface area contributed by atoms with Gasteiger partial charge in [0.05, 0.1) is 10.6 Å². The summed E-state index contributed by atoms with van der Waals surface area (Å²) < 4.78 is 24.1. The average Bonchev–Trinajstić information content (AvgIpc) is 2.61. The molecule has 144 valence electrons. The van der Waals surface area contributed by atoms with Crippen LogP contribution < -0.4 is 21.3 Å². The van der Waals surface area contributed by atoms with Gasteiger partial charge < -0.3 is 21.3 Å². The Morgan fingerprint density at radius 3 is 2.78 bits per heavy atom. The Hall–Kier alpha value is -2.72. The predicted octanol–water partition coefficient (Wildman–Crippen LogP) is 0.521. The fraction of sp³-hybridized carbons (Fsp3) is 0.353. The van der Waals surface area contributed by atoms with E-state index < -0.39 is 15.7 Å². The summed E-state index contributed by atoms with van der Waals surface area (Å²) in [5, 5.41) is 6.24. The van der Waals surface area contributed by atoms with E-state index in [2.05, 4.69) is 20.6 Å². The van der Waals surface area contributed by atoms with Crippen molar-refractivity contribution in [2.45, 2.75) is 17.9 Å². The van der Waals surface area contributed by atoms with Crippen molar-refractivity contribution >= 4 is 33.2 Å². The third-order valence-electron chi connectivity index (χ3n) is 4.34. The SMILES string of the molecule is CC1CNCCN1c1ncc(C(N)=O)c(Nc2ccccc2S(C)(=O)=O)n1. The number of piperazine rings is 1. The highest BCUT2D eigenvalue weighted by molar-refractivity contribution is 7.90. The Kier molecular flexibility index (Phi) is 5.29. The lowest BCUT2D eigenvalue weighted by atomic mass is 10.2. The lowest BCUT2D eigenvalue weighted by Gasteiger charge is -2.34. The highest BCUT2D eigenvalue weighted by atomic mass is 32.2. The summed E-state index contributed by atoms with van der Waals surface area (Å²) in [4.78, 5) is 22.7. The Morgan fingerprint density at radius 1 is 1.37 bits per heavy atom. The second-order valence-corrected chi connectivity index (χ2v) is 8.42. The molecule has 9 nitrogen and oxygen atoms in total. The molecule has 0 saturated carbocycles. The monoisotopic (exact) mass is 390 g/mol. The third-order valence-corrected chi connectivity index (χ3v) is 5.49. The number of nitrogens with one attached hydrogen (secondary N) is 2. The lowest BCUT2D eigenvalue weighted by Crippen LogP contribution is -2.50. The number of nitrogens with zero attached hydrogens (tertiary/aromatic N) is 3. The molecule has 1 amide bonds. The second-order valence-electron chi connectivity index (χ2n) is 6.44. The maximum atomic E-state index is 12.0. The van der Waals surface area contributed by atoms with Crippen LogP contribution in [0.2, 0.25) is 0 Å². The minimum Gasteiger partial charge on any atom is -0.365 e. The van der Waals surface area contributed by atoms with Crippen molar-refractivity contribution < 1.29 is 13.2 Å². The number of rotatable bonds is 5. The molecule has 0 spiro atoms. The largest absolute Gasteiger partial charge is 0.365 e. The van der Waals surface area contributed by atoms with Crippen molar-refractivity contribution in [2.24, 2.45) is 5.73 Å². The van der Waals surface area contributed by atoms with Crippen molar-refractivity contribution in [3.63, 3.8) is 0 Å². The molecule has 3 rings (SSSR count). The molecular formula is C17H22N6O3S. The number of carbonyl (C=O) groups is 1. The number of anilines is 3. The van der Waals surface area contributed by atoms with E-state index in [4.69, 9.17) is 5.73 Å². The van der Waals surface area contributed by atoms with Crippen molar-refractivity contribution in [2.75, 3.05) is 36.1 Å². The van der Waals surface area contributed by atoms with E-state index in [1.165, 1.54) is 12.3 Å². The molecule has 0 bridgehead atoms. The van der Waals surface area contributed by atoms with Crippen LogP contribution in [0.5, 0.6) is 0 Å². The van der Waals surface area contributed by atoms with E-state index in [0.717, 1.165) is 25.9 Å². The number of nitrogens with two attached hydrogens (primary N) is 1. The molecule has 1 aromatic heterocycles. The summed E-state index contributed by atoms with van der Waals surface area (Å²) in [7, 11) is -3.47. The molecule has 0 aliphatic carbocycles. The van der Waals surface area contributed by atoms with Crippen LogP contribution in [0.1, 0.15) is 17.3 Å². The molecule has 1 aliphatic rings. The number of hydrogen-bond donors (Lipinski definition) is 3. The highest BCUT2D eigenvalue weighted by Gasteiger charge is 2.23. The second kappa shape index (κ2) is 7.49. The molecule has 1 aromatic carbocycles. The van der Waals surface area contributed by atoms with Crippen LogP contribution in [0.4, 0.5) is 17.5 Å². The van der Waals surface area contributed by atoms with Gasteiger partial charge in [-0.1, -0.05) is 12.1 Å². The van der Waals surface area contributed by atoms with Crippen molar-refractivity contribution in [3.05, 3.63) is 36.0 Å². The Bertz CT molecular complexity index is 963. The molecule has 27 heavy (non-hydrogen) atoms. The van der Waals surface area contributed by atoms with Gasteiger partial charge >= 0.3 is 0 Å². The first-order valence-corrected chi connectivity index (χ1v) is 10.4. The van der Waals surface area contributed by atoms with Crippen LogP contribution in [-0.2, 0) is 9.84 Å². The minimum atomic E-state index is -3.47. The van der Waals surface area contributed by atoms with Crippen molar-refractivity contribution in [1.29, 1.82) is 0 Å². The quantitative estimate of drug-likeness (QED) is 0.674. The average molecular weight is 390 g/mol. The molecule has 10 heteroatoms.